The molecule has 0 heterocycles. The first-order valence-corrected chi connectivity index (χ1v) is 4.07. The van der Waals surface area contributed by atoms with Gasteiger partial charge in [0.05, 0.1) is 12.6 Å². The third-order valence-corrected chi connectivity index (χ3v) is 1.64. The second-order valence-electron chi connectivity index (χ2n) is 3.27. The average Bonchev–Trinajstić information content (AvgIpc) is 2.02. The van der Waals surface area contributed by atoms with E-state index in [1.807, 2.05) is 0 Å². The van der Waals surface area contributed by atoms with Gasteiger partial charge in [0, 0.05) is 21.1 Å². The van der Waals surface area contributed by atoms with E-state index >= 15 is 0 Å². The van der Waals surface area contributed by atoms with E-state index in [4.69, 9.17) is 5.73 Å². The highest BCUT2D eigenvalue weighted by Gasteiger charge is 2.16. The summed E-state index contributed by atoms with van der Waals surface area (Å²) in [7, 11) is 4.85. The van der Waals surface area contributed by atoms with E-state index < -0.39 is 6.04 Å². The van der Waals surface area contributed by atoms with Gasteiger partial charge in [0.1, 0.15) is 0 Å². The van der Waals surface area contributed by atoms with Crippen molar-refractivity contribution in [2.75, 3.05) is 27.7 Å². The second-order valence-corrected chi connectivity index (χ2v) is 3.27. The first kappa shape index (κ1) is 11.9. The van der Waals surface area contributed by atoms with Gasteiger partial charge >= 0.3 is 0 Å². The molecule has 0 rings (SSSR count). The Morgan fingerprint density at radius 1 is 1.31 bits per heavy atom. The van der Waals surface area contributed by atoms with Crippen LogP contribution in [-0.2, 0) is 9.59 Å². The van der Waals surface area contributed by atoms with Gasteiger partial charge in [-0.1, -0.05) is 0 Å². The second kappa shape index (κ2) is 4.81. The molecule has 0 aliphatic heterocycles. The zero-order chi connectivity index (χ0) is 10.6. The van der Waals surface area contributed by atoms with E-state index in [0.29, 0.717) is 0 Å². The predicted molar refractivity (Wildman–Crippen MR) is 50.0 cm³/mol. The number of likely N-dealkylation sites (N-methyl/N-ethyl adjacent to an activating group) is 2. The molecule has 0 aliphatic rings. The predicted octanol–water partition coefficient (Wildman–Crippen LogP) is -1.12. The van der Waals surface area contributed by atoms with Gasteiger partial charge in [-0.05, 0) is 6.92 Å². The summed E-state index contributed by atoms with van der Waals surface area (Å²) >= 11 is 0. The van der Waals surface area contributed by atoms with Crippen LogP contribution in [0.1, 0.15) is 6.92 Å². The van der Waals surface area contributed by atoms with Crippen molar-refractivity contribution in [2.45, 2.75) is 13.0 Å². The number of hydrogen-bond donors (Lipinski definition) is 1. The van der Waals surface area contributed by atoms with Crippen LogP contribution < -0.4 is 5.73 Å². The van der Waals surface area contributed by atoms with Crippen LogP contribution in [0.5, 0.6) is 0 Å². The van der Waals surface area contributed by atoms with Gasteiger partial charge in [-0.3, -0.25) is 9.59 Å². The summed E-state index contributed by atoms with van der Waals surface area (Å²) in [4.78, 5) is 25.2. The number of hydrogen-bond acceptors (Lipinski definition) is 3. The molecule has 1 atom stereocenters. The molecular weight excluding hydrogens is 170 g/mol. The average molecular weight is 187 g/mol. The number of nitrogens with two attached hydrogens (primary N) is 1. The number of carbonyl (C=O) groups excluding carboxylic acids is 2. The Kier molecular flexibility index (Phi) is 4.40. The van der Waals surface area contributed by atoms with E-state index in [2.05, 4.69) is 0 Å². The van der Waals surface area contributed by atoms with Crippen molar-refractivity contribution in [1.29, 1.82) is 0 Å². The lowest BCUT2D eigenvalue weighted by Gasteiger charge is -2.20. The fourth-order valence-corrected chi connectivity index (χ4v) is 0.770. The van der Waals surface area contributed by atoms with Gasteiger partial charge in [-0.25, -0.2) is 0 Å². The molecule has 13 heavy (non-hydrogen) atoms. The largest absolute Gasteiger partial charge is 0.347 e. The van der Waals surface area contributed by atoms with Crippen LogP contribution in [0.3, 0.4) is 0 Å². The summed E-state index contributed by atoms with van der Waals surface area (Å²) < 4.78 is 0. The molecule has 0 aromatic rings. The minimum Gasteiger partial charge on any atom is -0.347 e. The molecule has 2 amide bonds. The molecule has 0 bridgehead atoms. The van der Waals surface area contributed by atoms with Crippen molar-refractivity contribution in [3.8, 4) is 0 Å². The molecule has 5 nitrogen and oxygen atoms in total. The summed E-state index contributed by atoms with van der Waals surface area (Å²) in [5, 5.41) is 0. The van der Waals surface area contributed by atoms with E-state index in [0.717, 1.165) is 0 Å². The van der Waals surface area contributed by atoms with Gasteiger partial charge in [0.2, 0.25) is 11.8 Å². The molecule has 0 aromatic carbocycles. The fraction of sp³-hybridized carbons (Fsp3) is 0.750. The number of nitrogens with zero attached hydrogens (tertiary/aromatic N) is 2. The number of rotatable bonds is 3. The van der Waals surface area contributed by atoms with E-state index in [1.165, 1.54) is 9.80 Å². The first-order chi connectivity index (χ1) is 5.86. The molecule has 0 fully saturated rings. The van der Waals surface area contributed by atoms with Gasteiger partial charge in [-0.15, -0.1) is 0 Å². The van der Waals surface area contributed by atoms with Crippen molar-refractivity contribution >= 4 is 11.8 Å². The lowest BCUT2D eigenvalue weighted by Crippen LogP contribution is -2.44. The monoisotopic (exact) mass is 187 g/mol. The Bertz CT molecular complexity index is 202. The van der Waals surface area contributed by atoms with Crippen molar-refractivity contribution < 1.29 is 9.59 Å². The van der Waals surface area contributed by atoms with Gasteiger partial charge in [-0.2, -0.15) is 0 Å². The highest BCUT2D eigenvalue weighted by molar-refractivity contribution is 5.86. The van der Waals surface area contributed by atoms with Crippen LogP contribution >= 0.6 is 0 Å². The summed E-state index contributed by atoms with van der Waals surface area (Å²) in [5.41, 5.74) is 5.37. The highest BCUT2D eigenvalue weighted by atomic mass is 16.2. The molecule has 0 aromatic heterocycles. The Morgan fingerprint density at radius 3 is 2.08 bits per heavy atom. The topological polar surface area (TPSA) is 66.6 Å². The first-order valence-electron chi connectivity index (χ1n) is 4.07. The van der Waals surface area contributed by atoms with E-state index in [-0.39, 0.29) is 18.4 Å². The summed E-state index contributed by atoms with van der Waals surface area (Å²) in [6.07, 6.45) is 0. The highest BCUT2D eigenvalue weighted by Crippen LogP contribution is 1.90. The molecular formula is C8H17N3O2. The quantitative estimate of drug-likeness (QED) is 0.608. The van der Waals surface area contributed by atoms with Crippen molar-refractivity contribution in [1.82, 2.24) is 9.80 Å². The van der Waals surface area contributed by atoms with Crippen LogP contribution in [0.4, 0.5) is 0 Å². The minimum atomic E-state index is -0.556. The molecule has 0 saturated carbocycles. The van der Waals surface area contributed by atoms with Gasteiger partial charge in [0.15, 0.2) is 0 Å². The maximum Gasteiger partial charge on any atom is 0.241 e. The number of amides is 2. The fourth-order valence-electron chi connectivity index (χ4n) is 0.770. The van der Waals surface area contributed by atoms with E-state index in [1.54, 1.807) is 28.1 Å². The van der Waals surface area contributed by atoms with Crippen molar-refractivity contribution in [3.05, 3.63) is 0 Å². The number of carbonyl (C=O) groups is 2. The van der Waals surface area contributed by atoms with Gasteiger partial charge < -0.3 is 15.5 Å². The van der Waals surface area contributed by atoms with Crippen LogP contribution in [0, 0.1) is 0 Å². The Labute approximate surface area is 78.5 Å². The Balaban J connectivity index is 4.08. The van der Waals surface area contributed by atoms with Crippen molar-refractivity contribution in [2.24, 2.45) is 5.73 Å². The molecule has 5 heteroatoms. The molecule has 0 spiro atoms. The summed E-state index contributed by atoms with van der Waals surface area (Å²) in [6, 6.07) is -0.556. The van der Waals surface area contributed by atoms with Crippen LogP contribution in [-0.4, -0.2) is 55.3 Å². The Hall–Kier alpha value is -1.10. The molecule has 0 aliphatic carbocycles. The smallest absolute Gasteiger partial charge is 0.241 e. The van der Waals surface area contributed by atoms with Crippen molar-refractivity contribution in [3.63, 3.8) is 0 Å². The zero-order valence-corrected chi connectivity index (χ0v) is 8.57. The maximum atomic E-state index is 11.2. The summed E-state index contributed by atoms with van der Waals surface area (Å²) in [5.74, 6) is -0.341. The molecule has 76 valence electrons. The molecule has 2 N–H and O–H groups in total. The third kappa shape index (κ3) is 3.89. The van der Waals surface area contributed by atoms with E-state index in [9.17, 15) is 9.59 Å². The SMILES string of the molecule is CC(N)C(=O)N(C)CC(=O)N(C)C. The summed E-state index contributed by atoms with van der Waals surface area (Å²) in [6.45, 7) is 1.67. The lowest BCUT2D eigenvalue weighted by molar-refractivity contribution is -0.138. The van der Waals surface area contributed by atoms with Gasteiger partial charge in [0.25, 0.3) is 0 Å². The lowest BCUT2D eigenvalue weighted by atomic mass is 10.3. The van der Waals surface area contributed by atoms with Crippen LogP contribution in [0.15, 0.2) is 0 Å². The standard InChI is InChI=1S/C8H17N3O2/c1-6(9)8(13)11(4)5-7(12)10(2)3/h6H,5,9H2,1-4H3. The molecule has 1 unspecified atom stereocenters. The third-order valence-electron chi connectivity index (χ3n) is 1.64. The maximum absolute atomic E-state index is 11.2. The normalized spacial score (nSPS) is 12.1. The zero-order valence-electron chi connectivity index (χ0n) is 8.57. The minimum absolute atomic E-state index is 0.0768. The van der Waals surface area contributed by atoms with Crippen LogP contribution in [0.2, 0.25) is 0 Å². The van der Waals surface area contributed by atoms with Crippen LogP contribution in [0.25, 0.3) is 0 Å². The Morgan fingerprint density at radius 2 is 1.77 bits per heavy atom. The molecule has 0 radical (unpaired) electrons. The molecule has 0 saturated heterocycles.